The monoisotopic (exact) mass is 370 g/mol. The van der Waals surface area contributed by atoms with Crippen molar-refractivity contribution >= 4 is 11.7 Å². The molecule has 1 N–H and O–H groups in total. The third-order valence-corrected chi connectivity index (χ3v) is 4.50. The number of amides is 2. The highest BCUT2D eigenvalue weighted by Crippen LogP contribution is 2.33. The summed E-state index contributed by atoms with van der Waals surface area (Å²) in [5.74, 6) is 2.06. The first-order valence-electron chi connectivity index (χ1n) is 9.07. The van der Waals surface area contributed by atoms with Crippen LogP contribution in [0.1, 0.15) is 25.0 Å². The lowest BCUT2D eigenvalue weighted by molar-refractivity contribution is 0.205. The molecule has 0 fully saturated rings. The largest absolute Gasteiger partial charge is 0.493 e. The molecule has 27 heavy (non-hydrogen) atoms. The number of nitrogens with one attached hydrogen (secondary N) is 1. The lowest BCUT2D eigenvalue weighted by Gasteiger charge is -2.30. The van der Waals surface area contributed by atoms with Crippen molar-refractivity contribution in [2.45, 2.75) is 32.9 Å². The highest BCUT2D eigenvalue weighted by Gasteiger charge is 2.23. The molecule has 144 valence electrons. The van der Waals surface area contributed by atoms with Gasteiger partial charge in [-0.1, -0.05) is 12.1 Å². The number of anilines is 1. The Kier molecular flexibility index (Phi) is 5.74. The van der Waals surface area contributed by atoms with Crippen LogP contribution < -0.4 is 19.5 Å². The molecule has 0 atom stereocenters. The average Bonchev–Trinajstić information content (AvgIpc) is 2.67. The van der Waals surface area contributed by atoms with Gasteiger partial charge in [-0.15, -0.1) is 0 Å². The standard InChI is InChI=1S/C21H26N2O4/c1-14(2)27-18-8-6-5-7-17(18)22-21(24)23-10-9-15-11-19(25-3)20(26-4)12-16(15)13-23/h5-8,11-12,14H,9-10,13H2,1-4H3,(H,22,24). The van der Waals surface area contributed by atoms with Gasteiger partial charge < -0.3 is 24.4 Å². The Balaban J connectivity index is 1.75. The van der Waals surface area contributed by atoms with Gasteiger partial charge in [-0.25, -0.2) is 4.79 Å². The van der Waals surface area contributed by atoms with Crippen LogP contribution in [0.5, 0.6) is 17.2 Å². The number of hydrogen-bond donors (Lipinski definition) is 1. The molecule has 0 saturated heterocycles. The van der Waals surface area contributed by atoms with Crippen LogP contribution in [0.2, 0.25) is 0 Å². The van der Waals surface area contributed by atoms with Crippen LogP contribution in [0.25, 0.3) is 0 Å². The summed E-state index contributed by atoms with van der Waals surface area (Å²) in [6.07, 6.45) is 0.806. The predicted octanol–water partition coefficient (Wildman–Crippen LogP) is 4.08. The van der Waals surface area contributed by atoms with Crippen molar-refractivity contribution in [1.82, 2.24) is 4.90 Å². The minimum atomic E-state index is -0.143. The Labute approximate surface area is 160 Å². The van der Waals surface area contributed by atoms with Crippen molar-refractivity contribution in [3.05, 3.63) is 47.5 Å². The van der Waals surface area contributed by atoms with Gasteiger partial charge in [-0.3, -0.25) is 0 Å². The second-order valence-electron chi connectivity index (χ2n) is 6.74. The number of carbonyl (C=O) groups is 1. The van der Waals surface area contributed by atoms with E-state index in [0.717, 1.165) is 12.0 Å². The molecule has 0 spiro atoms. The number of benzene rings is 2. The number of hydrogen-bond acceptors (Lipinski definition) is 4. The first-order chi connectivity index (χ1) is 13.0. The number of fused-ring (bicyclic) bond motifs is 1. The van der Waals surface area contributed by atoms with E-state index in [4.69, 9.17) is 14.2 Å². The van der Waals surface area contributed by atoms with Gasteiger partial charge in [0, 0.05) is 13.1 Å². The molecule has 2 aromatic rings. The van der Waals surface area contributed by atoms with Crippen LogP contribution in [0, 0.1) is 0 Å². The minimum absolute atomic E-state index is 0.0346. The first-order valence-corrected chi connectivity index (χ1v) is 9.07. The summed E-state index contributed by atoms with van der Waals surface area (Å²) in [6, 6.07) is 11.3. The van der Waals surface area contributed by atoms with Gasteiger partial charge in [0.25, 0.3) is 0 Å². The topological polar surface area (TPSA) is 60.0 Å². The van der Waals surface area contributed by atoms with Crippen molar-refractivity contribution < 1.29 is 19.0 Å². The lowest BCUT2D eigenvalue weighted by Crippen LogP contribution is -2.39. The first kappa shape index (κ1) is 18.9. The van der Waals surface area contributed by atoms with E-state index in [-0.39, 0.29) is 12.1 Å². The fourth-order valence-electron chi connectivity index (χ4n) is 3.18. The van der Waals surface area contributed by atoms with Gasteiger partial charge in [-0.2, -0.15) is 0 Å². The van der Waals surface area contributed by atoms with Gasteiger partial charge in [0.2, 0.25) is 0 Å². The summed E-state index contributed by atoms with van der Waals surface area (Å²) >= 11 is 0. The molecule has 0 bridgehead atoms. The summed E-state index contributed by atoms with van der Waals surface area (Å²) in [5, 5.41) is 2.97. The van der Waals surface area contributed by atoms with E-state index in [1.807, 2.05) is 50.2 Å². The fourth-order valence-corrected chi connectivity index (χ4v) is 3.18. The number of methoxy groups -OCH3 is 2. The van der Waals surface area contributed by atoms with E-state index in [9.17, 15) is 4.79 Å². The van der Waals surface area contributed by atoms with Crippen molar-refractivity contribution in [1.29, 1.82) is 0 Å². The Morgan fingerprint density at radius 2 is 1.70 bits per heavy atom. The summed E-state index contributed by atoms with van der Waals surface area (Å²) in [7, 11) is 3.24. The van der Waals surface area contributed by atoms with Crippen molar-refractivity contribution in [2.75, 3.05) is 26.1 Å². The third-order valence-electron chi connectivity index (χ3n) is 4.50. The van der Waals surface area contributed by atoms with Crippen LogP contribution >= 0.6 is 0 Å². The average molecular weight is 370 g/mol. The highest BCUT2D eigenvalue weighted by atomic mass is 16.5. The summed E-state index contributed by atoms with van der Waals surface area (Å²) in [5.41, 5.74) is 2.93. The molecule has 0 unspecified atom stereocenters. The number of nitrogens with zero attached hydrogens (tertiary/aromatic N) is 1. The molecule has 0 aliphatic carbocycles. The van der Waals surface area contributed by atoms with Crippen LogP contribution in [-0.4, -0.2) is 37.8 Å². The molecule has 0 aromatic heterocycles. The normalized spacial score (nSPS) is 13.1. The summed E-state index contributed by atoms with van der Waals surface area (Å²) < 4.78 is 16.5. The van der Waals surface area contributed by atoms with E-state index >= 15 is 0 Å². The Bertz CT molecular complexity index is 820. The molecule has 6 nitrogen and oxygen atoms in total. The minimum Gasteiger partial charge on any atom is -0.493 e. The van der Waals surface area contributed by atoms with Gasteiger partial charge in [0.05, 0.1) is 26.0 Å². The SMILES string of the molecule is COc1cc2c(cc1OC)CN(C(=O)Nc1ccccc1OC(C)C)CC2. The number of para-hydroxylation sites is 2. The molecule has 2 aromatic carbocycles. The zero-order valence-corrected chi connectivity index (χ0v) is 16.2. The van der Waals surface area contributed by atoms with Crippen molar-refractivity contribution in [2.24, 2.45) is 0 Å². The predicted molar refractivity (Wildman–Crippen MR) is 105 cm³/mol. The Hall–Kier alpha value is -2.89. The highest BCUT2D eigenvalue weighted by molar-refractivity contribution is 5.91. The van der Waals surface area contributed by atoms with Crippen molar-refractivity contribution in [3.8, 4) is 17.2 Å². The van der Waals surface area contributed by atoms with Crippen LogP contribution in [0.15, 0.2) is 36.4 Å². The molecule has 1 aliphatic heterocycles. The van der Waals surface area contributed by atoms with E-state index in [0.29, 0.717) is 36.0 Å². The molecule has 0 radical (unpaired) electrons. The summed E-state index contributed by atoms with van der Waals surface area (Å²) in [6.45, 7) is 5.08. The van der Waals surface area contributed by atoms with Gasteiger partial charge in [0.15, 0.2) is 11.5 Å². The molecule has 1 aliphatic rings. The van der Waals surface area contributed by atoms with Gasteiger partial charge >= 0.3 is 6.03 Å². The lowest BCUT2D eigenvalue weighted by atomic mass is 9.99. The van der Waals surface area contributed by atoms with Gasteiger partial charge in [-0.05, 0) is 55.7 Å². The number of rotatable bonds is 5. The quantitative estimate of drug-likeness (QED) is 0.861. The number of carbonyl (C=O) groups excluding carboxylic acids is 1. The van der Waals surface area contributed by atoms with E-state index < -0.39 is 0 Å². The molecular formula is C21H26N2O4. The zero-order chi connectivity index (χ0) is 19.4. The molecule has 6 heteroatoms. The van der Waals surface area contributed by atoms with E-state index in [2.05, 4.69) is 5.32 Å². The Morgan fingerprint density at radius 3 is 2.37 bits per heavy atom. The molecule has 1 heterocycles. The maximum absolute atomic E-state index is 12.8. The maximum Gasteiger partial charge on any atom is 0.322 e. The molecule has 0 saturated carbocycles. The smallest absolute Gasteiger partial charge is 0.322 e. The number of ether oxygens (including phenoxy) is 3. The number of urea groups is 1. The van der Waals surface area contributed by atoms with Crippen LogP contribution in [0.3, 0.4) is 0 Å². The van der Waals surface area contributed by atoms with Crippen LogP contribution in [-0.2, 0) is 13.0 Å². The van der Waals surface area contributed by atoms with E-state index in [1.165, 1.54) is 5.56 Å². The molecule has 2 amide bonds. The Morgan fingerprint density at radius 1 is 1.04 bits per heavy atom. The van der Waals surface area contributed by atoms with Crippen LogP contribution in [0.4, 0.5) is 10.5 Å². The second kappa shape index (κ2) is 8.20. The summed E-state index contributed by atoms with van der Waals surface area (Å²) in [4.78, 5) is 14.6. The molecular weight excluding hydrogens is 344 g/mol. The maximum atomic E-state index is 12.8. The molecule has 3 rings (SSSR count). The zero-order valence-electron chi connectivity index (χ0n) is 16.2. The second-order valence-corrected chi connectivity index (χ2v) is 6.74. The fraction of sp³-hybridized carbons (Fsp3) is 0.381. The van der Waals surface area contributed by atoms with E-state index in [1.54, 1.807) is 19.1 Å². The third kappa shape index (κ3) is 4.27. The van der Waals surface area contributed by atoms with Gasteiger partial charge in [0.1, 0.15) is 5.75 Å². The van der Waals surface area contributed by atoms with Crippen molar-refractivity contribution in [3.63, 3.8) is 0 Å².